The SMILES string of the molecule is CC(C)(N(C(C)(C)P(=O)(O)O)C(C)(C)P(=O)(O)O)P(=O)(O)O. The average molecular weight is 383 g/mol. The quantitative estimate of drug-likeness (QED) is 0.363. The zero-order chi connectivity index (χ0) is 18.6. The van der Waals surface area contributed by atoms with Gasteiger partial charge in [0.15, 0.2) is 0 Å². The minimum Gasteiger partial charge on any atom is -0.323 e. The molecule has 0 fully saturated rings. The van der Waals surface area contributed by atoms with Gasteiger partial charge in [0.05, 0.1) is 0 Å². The van der Waals surface area contributed by atoms with Crippen molar-refractivity contribution in [1.82, 2.24) is 4.90 Å². The molecular weight excluding hydrogens is 359 g/mol. The fraction of sp³-hybridized carbons (Fsp3) is 1.00. The van der Waals surface area contributed by atoms with Crippen LogP contribution in [0.25, 0.3) is 0 Å². The molecule has 0 spiro atoms. The lowest BCUT2D eigenvalue weighted by Crippen LogP contribution is -2.63. The van der Waals surface area contributed by atoms with E-state index in [1.54, 1.807) is 0 Å². The van der Waals surface area contributed by atoms with Crippen LogP contribution in [-0.2, 0) is 13.7 Å². The Morgan fingerprint density at radius 1 is 0.545 bits per heavy atom. The molecule has 0 radical (unpaired) electrons. The standard InChI is InChI=1S/C9H24NO9P3/c1-7(2,20(11,12)13)10(8(3,4)21(14,15)16)9(5,6)22(17,18)19/h1-6H3,(H2,11,12,13)(H2,14,15,16)(H2,17,18,19). The van der Waals surface area contributed by atoms with Crippen molar-refractivity contribution in [2.24, 2.45) is 0 Å². The Kier molecular flexibility index (Phi) is 5.85. The van der Waals surface area contributed by atoms with Crippen LogP contribution in [0.2, 0.25) is 0 Å². The van der Waals surface area contributed by atoms with Crippen LogP contribution in [0, 0.1) is 0 Å². The molecule has 0 aliphatic carbocycles. The molecule has 13 heteroatoms. The summed E-state index contributed by atoms with van der Waals surface area (Å²) in [6, 6.07) is 0. The number of hydrogen-bond donors (Lipinski definition) is 6. The largest absolute Gasteiger partial charge is 0.345 e. The molecule has 0 rings (SSSR count). The summed E-state index contributed by atoms with van der Waals surface area (Å²) in [7, 11) is -15.1. The number of rotatable bonds is 6. The van der Waals surface area contributed by atoms with Crippen molar-refractivity contribution < 1.29 is 43.1 Å². The minimum atomic E-state index is -5.02. The van der Waals surface area contributed by atoms with Gasteiger partial charge in [-0.25, -0.2) is 0 Å². The summed E-state index contributed by atoms with van der Waals surface area (Å²) < 4.78 is 35.4. The molecule has 0 aliphatic heterocycles. The molecule has 0 heterocycles. The summed E-state index contributed by atoms with van der Waals surface area (Å²) in [6.07, 6.45) is 0. The van der Waals surface area contributed by atoms with Crippen LogP contribution in [0.15, 0.2) is 0 Å². The Labute approximate surface area is 129 Å². The maximum absolute atomic E-state index is 11.8. The fourth-order valence-corrected chi connectivity index (χ4v) is 4.92. The summed E-state index contributed by atoms with van der Waals surface area (Å²) in [4.78, 5) is 57.7. The maximum Gasteiger partial charge on any atom is 0.345 e. The van der Waals surface area contributed by atoms with E-state index in [4.69, 9.17) is 0 Å². The zero-order valence-electron chi connectivity index (χ0n) is 13.2. The van der Waals surface area contributed by atoms with Crippen LogP contribution >= 0.6 is 22.8 Å². The van der Waals surface area contributed by atoms with Crippen LogP contribution in [0.4, 0.5) is 0 Å². The van der Waals surface area contributed by atoms with Gasteiger partial charge < -0.3 is 29.4 Å². The molecule has 6 N–H and O–H groups in total. The molecule has 0 atom stereocenters. The van der Waals surface area contributed by atoms with E-state index < -0.39 is 38.6 Å². The first-order valence-electron chi connectivity index (χ1n) is 6.09. The second-order valence-corrected chi connectivity index (χ2v) is 13.0. The van der Waals surface area contributed by atoms with Gasteiger partial charge in [0.2, 0.25) is 0 Å². The first kappa shape index (κ1) is 22.4. The highest BCUT2D eigenvalue weighted by atomic mass is 31.2. The summed E-state index contributed by atoms with van der Waals surface area (Å²) in [5.74, 6) is 0. The highest BCUT2D eigenvalue weighted by molar-refractivity contribution is 7.55. The first-order valence-corrected chi connectivity index (χ1v) is 10.9. The molecule has 0 amide bonds. The maximum atomic E-state index is 11.8. The second-order valence-electron chi connectivity index (χ2n) is 6.45. The smallest absolute Gasteiger partial charge is 0.323 e. The summed E-state index contributed by atoms with van der Waals surface area (Å²) >= 11 is 0. The van der Waals surface area contributed by atoms with E-state index in [2.05, 4.69) is 0 Å². The van der Waals surface area contributed by atoms with E-state index in [9.17, 15) is 43.1 Å². The van der Waals surface area contributed by atoms with Crippen molar-refractivity contribution in [3.63, 3.8) is 0 Å². The molecular formula is C9H24NO9P3. The Hall–Kier alpha value is 0.410. The molecule has 22 heavy (non-hydrogen) atoms. The number of hydrogen-bond acceptors (Lipinski definition) is 4. The van der Waals surface area contributed by atoms with E-state index >= 15 is 0 Å². The second kappa shape index (κ2) is 5.74. The Balaban J connectivity index is 6.74. The van der Waals surface area contributed by atoms with Crippen LogP contribution in [0.3, 0.4) is 0 Å². The highest BCUT2D eigenvalue weighted by Gasteiger charge is 2.63. The van der Waals surface area contributed by atoms with Gasteiger partial charge in [0.25, 0.3) is 0 Å². The third-order valence-electron chi connectivity index (χ3n) is 3.78. The third-order valence-corrected chi connectivity index (χ3v) is 8.66. The van der Waals surface area contributed by atoms with Crippen LogP contribution in [-0.4, -0.2) is 50.1 Å². The van der Waals surface area contributed by atoms with E-state index in [1.165, 1.54) is 0 Å². The summed E-state index contributed by atoms with van der Waals surface area (Å²) in [5, 5.41) is -6.74. The molecule has 10 nitrogen and oxygen atoms in total. The normalized spacial score (nSPS) is 16.2. The predicted molar refractivity (Wildman–Crippen MR) is 80.2 cm³/mol. The van der Waals surface area contributed by atoms with E-state index in [0.29, 0.717) is 4.90 Å². The molecule has 0 saturated carbocycles. The van der Waals surface area contributed by atoms with E-state index in [-0.39, 0.29) is 0 Å². The number of nitrogens with zero attached hydrogens (tertiary/aromatic N) is 1. The van der Waals surface area contributed by atoms with Crippen LogP contribution in [0.5, 0.6) is 0 Å². The molecule has 134 valence electrons. The minimum absolute atomic E-state index is 0.523. The van der Waals surface area contributed by atoms with Crippen molar-refractivity contribution in [3.8, 4) is 0 Å². The van der Waals surface area contributed by atoms with Gasteiger partial charge in [-0.05, 0) is 41.5 Å². The van der Waals surface area contributed by atoms with Gasteiger partial charge in [0.1, 0.15) is 15.8 Å². The van der Waals surface area contributed by atoms with Crippen LogP contribution < -0.4 is 0 Å². The zero-order valence-corrected chi connectivity index (χ0v) is 15.9. The van der Waals surface area contributed by atoms with Crippen molar-refractivity contribution in [3.05, 3.63) is 0 Å². The van der Waals surface area contributed by atoms with E-state index in [1.807, 2.05) is 0 Å². The lowest BCUT2D eigenvalue weighted by atomic mass is 10.1. The van der Waals surface area contributed by atoms with Crippen LogP contribution in [0.1, 0.15) is 41.5 Å². The molecule has 0 unspecified atom stereocenters. The lowest BCUT2D eigenvalue weighted by molar-refractivity contribution is 0.0150. The summed E-state index contributed by atoms with van der Waals surface area (Å²) in [5.41, 5.74) is 0. The summed E-state index contributed by atoms with van der Waals surface area (Å²) in [6.45, 7) is 5.85. The monoisotopic (exact) mass is 383 g/mol. The van der Waals surface area contributed by atoms with Gasteiger partial charge >= 0.3 is 22.8 Å². The van der Waals surface area contributed by atoms with E-state index in [0.717, 1.165) is 41.5 Å². The topological polar surface area (TPSA) is 176 Å². The lowest BCUT2D eigenvalue weighted by Gasteiger charge is -2.55. The van der Waals surface area contributed by atoms with Gasteiger partial charge in [-0.3, -0.25) is 18.6 Å². The Bertz CT molecular complexity index is 486. The average Bonchev–Trinajstić information content (AvgIpc) is 2.09. The first-order chi connectivity index (χ1) is 9.12. The van der Waals surface area contributed by atoms with Gasteiger partial charge in [-0.1, -0.05) is 0 Å². The molecule has 0 aromatic heterocycles. The van der Waals surface area contributed by atoms with Crippen molar-refractivity contribution >= 4 is 22.8 Å². The van der Waals surface area contributed by atoms with Crippen molar-refractivity contribution in [1.29, 1.82) is 0 Å². The molecule has 0 bridgehead atoms. The fourth-order valence-electron chi connectivity index (χ4n) is 2.40. The Morgan fingerprint density at radius 3 is 0.773 bits per heavy atom. The molecule has 0 saturated heterocycles. The predicted octanol–water partition coefficient (Wildman–Crippen LogP) is 1.03. The van der Waals surface area contributed by atoms with Crippen molar-refractivity contribution in [2.75, 3.05) is 0 Å². The highest BCUT2D eigenvalue weighted by Crippen LogP contribution is 2.67. The molecule has 0 aliphatic rings. The van der Waals surface area contributed by atoms with Crippen molar-refractivity contribution in [2.45, 2.75) is 57.4 Å². The van der Waals surface area contributed by atoms with Gasteiger partial charge in [-0.2, -0.15) is 0 Å². The van der Waals surface area contributed by atoms with Gasteiger partial charge in [-0.15, -0.1) is 0 Å². The molecule has 0 aromatic carbocycles. The third kappa shape index (κ3) is 3.73. The van der Waals surface area contributed by atoms with Gasteiger partial charge in [0, 0.05) is 0 Å². The Morgan fingerprint density at radius 2 is 0.682 bits per heavy atom. The molecule has 0 aromatic rings.